The third kappa shape index (κ3) is 2.47. The molecular formula is C22H22Br2N2O2. The zero-order chi connectivity index (χ0) is 20.1. The van der Waals surface area contributed by atoms with E-state index in [1.807, 2.05) is 62.6 Å². The Bertz CT molecular complexity index is 886. The second kappa shape index (κ2) is 6.99. The number of rotatable bonds is 3. The van der Waals surface area contributed by atoms with E-state index in [2.05, 4.69) is 31.9 Å². The molecule has 4 nitrogen and oxygen atoms in total. The van der Waals surface area contributed by atoms with Crippen molar-refractivity contribution in [2.45, 2.75) is 23.7 Å². The van der Waals surface area contributed by atoms with Gasteiger partial charge in [0.05, 0.1) is 10.8 Å². The molecule has 2 aliphatic rings. The molecule has 146 valence electrons. The van der Waals surface area contributed by atoms with Gasteiger partial charge in [0.2, 0.25) is 11.8 Å². The minimum Gasteiger partial charge on any atom is -0.345 e. The van der Waals surface area contributed by atoms with Gasteiger partial charge in [-0.15, -0.1) is 0 Å². The molecule has 0 bridgehead atoms. The van der Waals surface area contributed by atoms with E-state index in [0.717, 1.165) is 20.1 Å². The average molecular weight is 506 g/mol. The Hall–Kier alpha value is -1.66. The van der Waals surface area contributed by atoms with Crippen molar-refractivity contribution in [3.05, 3.63) is 68.6 Å². The molecule has 2 atom stereocenters. The maximum atomic E-state index is 13.8. The van der Waals surface area contributed by atoms with Crippen molar-refractivity contribution in [1.82, 2.24) is 9.80 Å². The molecule has 28 heavy (non-hydrogen) atoms. The van der Waals surface area contributed by atoms with E-state index < -0.39 is 10.8 Å². The molecule has 0 saturated carbocycles. The number of amides is 2. The van der Waals surface area contributed by atoms with E-state index in [-0.39, 0.29) is 11.8 Å². The topological polar surface area (TPSA) is 40.6 Å². The summed E-state index contributed by atoms with van der Waals surface area (Å²) in [6.45, 7) is 1.26. The Kier molecular flexibility index (Phi) is 4.91. The molecule has 0 spiro atoms. The number of likely N-dealkylation sites (tertiary alicyclic amines) is 2. The van der Waals surface area contributed by atoms with Crippen LogP contribution in [0.1, 0.15) is 24.0 Å². The molecule has 2 aromatic carbocycles. The van der Waals surface area contributed by atoms with Crippen LogP contribution in [0, 0.1) is 0 Å². The van der Waals surface area contributed by atoms with Crippen LogP contribution in [0.2, 0.25) is 0 Å². The number of likely N-dealkylation sites (N-methyl/N-ethyl adjacent to an activating group) is 2. The molecule has 2 aromatic rings. The van der Waals surface area contributed by atoms with Crippen molar-refractivity contribution in [1.29, 1.82) is 0 Å². The molecule has 0 radical (unpaired) electrons. The number of halogens is 2. The maximum absolute atomic E-state index is 13.8. The molecule has 2 saturated heterocycles. The number of carbonyl (C=O) groups excluding carboxylic acids is 2. The largest absolute Gasteiger partial charge is 0.345 e. The lowest BCUT2D eigenvalue weighted by molar-refractivity contribution is -0.142. The predicted molar refractivity (Wildman–Crippen MR) is 116 cm³/mol. The van der Waals surface area contributed by atoms with Crippen LogP contribution in [-0.4, -0.2) is 48.8 Å². The molecule has 0 aromatic heterocycles. The van der Waals surface area contributed by atoms with Gasteiger partial charge in [-0.1, -0.05) is 68.3 Å². The van der Waals surface area contributed by atoms with Gasteiger partial charge in [-0.05, 0) is 36.1 Å². The lowest BCUT2D eigenvalue weighted by atomic mass is 9.55. The standard InChI is InChI=1S/C22H22Br2N2O2/c1-25-13-11-21(19(25)27,15-7-3-5-9-17(15)23)22(12-14-26(2)20(22)28)16-8-4-6-10-18(16)24/h3-10H,11-14H2,1-2H3/t21-,22-/m0/s1. The van der Waals surface area contributed by atoms with Gasteiger partial charge in [-0.2, -0.15) is 0 Å². The molecule has 2 fully saturated rings. The fraction of sp³-hybridized carbons (Fsp3) is 0.364. The molecule has 4 rings (SSSR count). The molecule has 2 amide bonds. The smallest absolute Gasteiger partial charge is 0.234 e. The highest BCUT2D eigenvalue weighted by Crippen LogP contribution is 2.57. The van der Waals surface area contributed by atoms with Crippen LogP contribution >= 0.6 is 31.9 Å². The summed E-state index contributed by atoms with van der Waals surface area (Å²) in [4.78, 5) is 31.2. The minimum atomic E-state index is -0.951. The van der Waals surface area contributed by atoms with Crippen molar-refractivity contribution in [3.63, 3.8) is 0 Å². The number of nitrogens with zero attached hydrogens (tertiary/aromatic N) is 2. The second-order valence-electron chi connectivity index (χ2n) is 7.72. The van der Waals surface area contributed by atoms with Crippen molar-refractivity contribution >= 4 is 43.7 Å². The zero-order valence-electron chi connectivity index (χ0n) is 15.9. The number of hydrogen-bond donors (Lipinski definition) is 0. The van der Waals surface area contributed by atoms with E-state index in [0.29, 0.717) is 25.9 Å². The third-order valence-corrected chi connectivity index (χ3v) is 7.85. The first-order valence-corrected chi connectivity index (χ1v) is 11.0. The molecule has 0 N–H and O–H groups in total. The van der Waals surface area contributed by atoms with E-state index in [1.165, 1.54) is 0 Å². The number of benzene rings is 2. The summed E-state index contributed by atoms with van der Waals surface area (Å²) in [6.07, 6.45) is 1.21. The summed E-state index contributed by atoms with van der Waals surface area (Å²) in [5, 5.41) is 0. The van der Waals surface area contributed by atoms with Crippen LogP contribution in [0.5, 0.6) is 0 Å². The van der Waals surface area contributed by atoms with Crippen molar-refractivity contribution in [3.8, 4) is 0 Å². The van der Waals surface area contributed by atoms with Crippen LogP contribution in [-0.2, 0) is 20.4 Å². The Morgan fingerprint density at radius 1 is 0.714 bits per heavy atom. The first-order chi connectivity index (χ1) is 13.4. The first-order valence-electron chi connectivity index (χ1n) is 9.37. The highest BCUT2D eigenvalue weighted by Gasteiger charge is 2.68. The van der Waals surface area contributed by atoms with Gasteiger partial charge in [0.15, 0.2) is 0 Å². The molecular weight excluding hydrogens is 484 g/mol. The summed E-state index contributed by atoms with van der Waals surface area (Å²) in [5.41, 5.74) is -0.117. The summed E-state index contributed by atoms with van der Waals surface area (Å²) in [6, 6.07) is 15.7. The van der Waals surface area contributed by atoms with Gasteiger partial charge in [-0.3, -0.25) is 9.59 Å². The lowest BCUT2D eigenvalue weighted by Gasteiger charge is -2.44. The predicted octanol–water partition coefficient (Wildman–Crippen LogP) is 4.11. The summed E-state index contributed by atoms with van der Waals surface area (Å²) >= 11 is 7.36. The fourth-order valence-corrected chi connectivity index (χ4v) is 6.35. The molecule has 2 aliphatic heterocycles. The fourth-order valence-electron chi connectivity index (χ4n) is 5.11. The van der Waals surface area contributed by atoms with Crippen LogP contribution < -0.4 is 0 Å². The minimum absolute atomic E-state index is 0.0128. The third-order valence-electron chi connectivity index (χ3n) is 6.46. The van der Waals surface area contributed by atoms with Crippen molar-refractivity contribution in [2.75, 3.05) is 27.2 Å². The maximum Gasteiger partial charge on any atom is 0.234 e. The quantitative estimate of drug-likeness (QED) is 0.629. The van der Waals surface area contributed by atoms with Crippen molar-refractivity contribution < 1.29 is 9.59 Å². The van der Waals surface area contributed by atoms with E-state index in [1.54, 1.807) is 9.80 Å². The van der Waals surface area contributed by atoms with Crippen LogP contribution in [0.4, 0.5) is 0 Å². The Morgan fingerprint density at radius 2 is 1.07 bits per heavy atom. The van der Waals surface area contributed by atoms with Gasteiger partial charge in [0.1, 0.15) is 0 Å². The second-order valence-corrected chi connectivity index (χ2v) is 9.43. The van der Waals surface area contributed by atoms with Gasteiger partial charge in [-0.25, -0.2) is 0 Å². The molecule has 0 unspecified atom stereocenters. The number of carbonyl (C=O) groups is 2. The average Bonchev–Trinajstić information content (AvgIpc) is 3.15. The molecule has 0 aliphatic carbocycles. The summed E-state index contributed by atoms with van der Waals surface area (Å²) < 4.78 is 1.74. The first kappa shape index (κ1) is 19.6. The van der Waals surface area contributed by atoms with Crippen LogP contribution in [0.15, 0.2) is 57.5 Å². The van der Waals surface area contributed by atoms with Crippen LogP contribution in [0.3, 0.4) is 0 Å². The van der Waals surface area contributed by atoms with Crippen molar-refractivity contribution in [2.24, 2.45) is 0 Å². The van der Waals surface area contributed by atoms with Crippen LogP contribution in [0.25, 0.3) is 0 Å². The van der Waals surface area contributed by atoms with Gasteiger partial charge in [0.25, 0.3) is 0 Å². The summed E-state index contributed by atoms with van der Waals surface area (Å²) in [7, 11) is 3.66. The Balaban J connectivity index is 2.11. The Labute approximate surface area is 182 Å². The zero-order valence-corrected chi connectivity index (χ0v) is 19.1. The lowest BCUT2D eigenvalue weighted by Crippen LogP contribution is -2.58. The monoisotopic (exact) mass is 504 g/mol. The van der Waals surface area contributed by atoms with Gasteiger partial charge in [0, 0.05) is 36.1 Å². The molecule has 2 heterocycles. The van der Waals surface area contributed by atoms with Gasteiger partial charge >= 0.3 is 0 Å². The highest BCUT2D eigenvalue weighted by atomic mass is 79.9. The van der Waals surface area contributed by atoms with E-state index in [9.17, 15) is 9.59 Å². The SMILES string of the molecule is CN1CC[C@@](c2ccccc2Br)([C@]2(c3ccccc3Br)CCN(C)C2=O)C1=O. The normalized spacial score (nSPS) is 27.7. The highest BCUT2D eigenvalue weighted by molar-refractivity contribution is 9.10. The van der Waals surface area contributed by atoms with Gasteiger partial charge < -0.3 is 9.80 Å². The Morgan fingerprint density at radius 3 is 1.36 bits per heavy atom. The summed E-state index contributed by atoms with van der Waals surface area (Å²) in [5.74, 6) is 0.0256. The number of hydrogen-bond acceptors (Lipinski definition) is 2. The van der Waals surface area contributed by atoms with E-state index in [4.69, 9.17) is 0 Å². The van der Waals surface area contributed by atoms with E-state index >= 15 is 0 Å². The molecule has 6 heteroatoms.